The number of nitrogens with one attached hydrogen (secondary N) is 1. The van der Waals surface area contributed by atoms with E-state index in [2.05, 4.69) is 31.4 Å². The van der Waals surface area contributed by atoms with Crippen molar-refractivity contribution in [2.24, 2.45) is 7.05 Å². The molecule has 0 fully saturated rings. The SMILES string of the molecule is Cn1c(CC(=O)Nc2ccccc2C(F)(F)F)nnc1SCC(=O)c1ccc(Br)cc1. The van der Waals surface area contributed by atoms with Crippen molar-refractivity contribution in [1.29, 1.82) is 0 Å². The summed E-state index contributed by atoms with van der Waals surface area (Å²) in [5.74, 6) is -0.363. The minimum absolute atomic E-state index is 0.0939. The van der Waals surface area contributed by atoms with E-state index in [1.165, 1.54) is 22.8 Å². The van der Waals surface area contributed by atoms with Crippen LogP contribution in [0.1, 0.15) is 21.7 Å². The van der Waals surface area contributed by atoms with E-state index in [1.54, 1.807) is 31.3 Å². The lowest BCUT2D eigenvalue weighted by Gasteiger charge is -2.13. The molecule has 0 saturated heterocycles. The number of carbonyl (C=O) groups excluding carboxylic acids is 2. The van der Waals surface area contributed by atoms with Crippen molar-refractivity contribution in [2.45, 2.75) is 17.8 Å². The molecule has 31 heavy (non-hydrogen) atoms. The van der Waals surface area contributed by atoms with E-state index in [0.717, 1.165) is 22.3 Å². The van der Waals surface area contributed by atoms with Gasteiger partial charge in [0.05, 0.1) is 23.4 Å². The number of halogens is 4. The summed E-state index contributed by atoms with van der Waals surface area (Å²) in [7, 11) is 1.62. The van der Waals surface area contributed by atoms with E-state index >= 15 is 0 Å². The van der Waals surface area contributed by atoms with E-state index in [0.29, 0.717) is 10.7 Å². The number of rotatable bonds is 7. The second kappa shape index (κ2) is 9.65. The summed E-state index contributed by atoms with van der Waals surface area (Å²) in [5, 5.41) is 10.6. The number of nitrogens with zero attached hydrogens (tertiary/aromatic N) is 3. The monoisotopic (exact) mass is 512 g/mol. The molecule has 162 valence electrons. The minimum Gasteiger partial charge on any atom is -0.325 e. The van der Waals surface area contributed by atoms with Crippen LogP contribution in [0.3, 0.4) is 0 Å². The molecule has 0 radical (unpaired) electrons. The third kappa shape index (κ3) is 5.95. The van der Waals surface area contributed by atoms with Crippen molar-refractivity contribution in [3.8, 4) is 0 Å². The fourth-order valence-electron chi connectivity index (χ4n) is 2.65. The van der Waals surface area contributed by atoms with Gasteiger partial charge in [-0.25, -0.2) is 0 Å². The molecule has 0 unspecified atom stereocenters. The summed E-state index contributed by atoms with van der Waals surface area (Å²) < 4.78 is 41.6. The van der Waals surface area contributed by atoms with Gasteiger partial charge in [-0.2, -0.15) is 13.2 Å². The quantitative estimate of drug-likeness (QED) is 0.365. The van der Waals surface area contributed by atoms with Crippen LogP contribution in [0.2, 0.25) is 0 Å². The number of Topliss-reactive ketones (excluding diaryl/α,β-unsaturated/α-hetero) is 1. The van der Waals surface area contributed by atoms with E-state index in [-0.39, 0.29) is 29.5 Å². The van der Waals surface area contributed by atoms with Crippen molar-refractivity contribution < 1.29 is 22.8 Å². The van der Waals surface area contributed by atoms with Crippen molar-refractivity contribution in [3.05, 3.63) is 70.0 Å². The zero-order valence-corrected chi connectivity index (χ0v) is 18.5. The number of para-hydroxylation sites is 1. The summed E-state index contributed by atoms with van der Waals surface area (Å²) in [5.41, 5.74) is -0.693. The molecule has 3 rings (SSSR count). The van der Waals surface area contributed by atoms with Gasteiger partial charge >= 0.3 is 6.18 Å². The van der Waals surface area contributed by atoms with Crippen LogP contribution in [0.5, 0.6) is 0 Å². The summed E-state index contributed by atoms with van der Waals surface area (Å²) >= 11 is 4.47. The fraction of sp³-hybridized carbons (Fsp3) is 0.200. The average Bonchev–Trinajstić information content (AvgIpc) is 3.05. The Morgan fingerprint density at radius 1 is 1.10 bits per heavy atom. The van der Waals surface area contributed by atoms with Gasteiger partial charge in [0.15, 0.2) is 10.9 Å². The van der Waals surface area contributed by atoms with Crippen molar-refractivity contribution in [1.82, 2.24) is 14.8 Å². The third-order valence-corrected chi connectivity index (χ3v) is 5.80. The number of hydrogen-bond donors (Lipinski definition) is 1. The Hall–Kier alpha value is -2.66. The van der Waals surface area contributed by atoms with E-state index in [4.69, 9.17) is 0 Å². The van der Waals surface area contributed by atoms with Crippen LogP contribution in [0, 0.1) is 0 Å². The van der Waals surface area contributed by atoms with Gasteiger partial charge in [0, 0.05) is 17.1 Å². The maximum absolute atomic E-state index is 13.1. The lowest BCUT2D eigenvalue weighted by atomic mass is 10.1. The first-order valence-corrected chi connectivity index (χ1v) is 10.7. The number of alkyl halides is 3. The summed E-state index contributed by atoms with van der Waals surface area (Å²) in [6.45, 7) is 0. The second-order valence-corrected chi connectivity index (χ2v) is 8.30. The molecular weight excluding hydrogens is 497 g/mol. The Morgan fingerprint density at radius 2 is 1.77 bits per heavy atom. The first-order valence-electron chi connectivity index (χ1n) is 8.91. The van der Waals surface area contributed by atoms with E-state index < -0.39 is 17.6 Å². The summed E-state index contributed by atoms with van der Waals surface area (Å²) in [4.78, 5) is 24.6. The number of hydrogen-bond acceptors (Lipinski definition) is 5. The zero-order chi connectivity index (χ0) is 22.6. The molecule has 1 heterocycles. The predicted octanol–water partition coefficient (Wildman–Crippen LogP) is 4.75. The maximum Gasteiger partial charge on any atom is 0.418 e. The lowest BCUT2D eigenvalue weighted by Crippen LogP contribution is -2.19. The smallest absolute Gasteiger partial charge is 0.325 e. The summed E-state index contributed by atoms with van der Waals surface area (Å²) in [6.07, 6.45) is -4.85. The molecule has 6 nitrogen and oxygen atoms in total. The third-order valence-electron chi connectivity index (χ3n) is 4.25. The largest absolute Gasteiger partial charge is 0.418 e. The van der Waals surface area contributed by atoms with Gasteiger partial charge in [-0.1, -0.05) is 52.0 Å². The Bertz CT molecular complexity index is 1100. The van der Waals surface area contributed by atoms with Gasteiger partial charge in [0.2, 0.25) is 5.91 Å². The van der Waals surface area contributed by atoms with Crippen LogP contribution in [0.15, 0.2) is 58.2 Å². The Balaban J connectivity index is 1.62. The average molecular weight is 513 g/mol. The first-order chi connectivity index (χ1) is 14.6. The number of thioether (sulfide) groups is 1. The molecule has 0 aliphatic heterocycles. The molecule has 2 aromatic carbocycles. The van der Waals surface area contributed by atoms with Crippen LogP contribution in [-0.2, 0) is 24.4 Å². The number of carbonyl (C=O) groups is 2. The Morgan fingerprint density at radius 3 is 2.45 bits per heavy atom. The second-order valence-electron chi connectivity index (χ2n) is 6.44. The van der Waals surface area contributed by atoms with Gasteiger partial charge in [0.1, 0.15) is 5.82 Å². The predicted molar refractivity (Wildman–Crippen MR) is 114 cm³/mol. The number of ketones is 1. The molecule has 0 saturated carbocycles. The van der Waals surface area contributed by atoms with Gasteiger partial charge in [-0.15, -0.1) is 10.2 Å². The summed E-state index contributed by atoms with van der Waals surface area (Å²) in [6, 6.07) is 11.7. The van der Waals surface area contributed by atoms with Gasteiger partial charge in [-0.3, -0.25) is 9.59 Å². The fourth-order valence-corrected chi connectivity index (χ4v) is 3.74. The highest BCUT2D eigenvalue weighted by Crippen LogP contribution is 2.34. The molecule has 1 aromatic heterocycles. The van der Waals surface area contributed by atoms with Crippen LogP contribution in [-0.4, -0.2) is 32.2 Å². The highest BCUT2D eigenvalue weighted by atomic mass is 79.9. The number of anilines is 1. The molecule has 11 heteroatoms. The van der Waals surface area contributed by atoms with Crippen LogP contribution < -0.4 is 5.32 Å². The molecule has 1 N–H and O–H groups in total. The zero-order valence-electron chi connectivity index (χ0n) is 16.1. The Labute approximate surface area is 188 Å². The highest BCUT2D eigenvalue weighted by Gasteiger charge is 2.33. The molecule has 0 atom stereocenters. The van der Waals surface area contributed by atoms with Crippen LogP contribution >= 0.6 is 27.7 Å². The van der Waals surface area contributed by atoms with Gasteiger partial charge in [-0.05, 0) is 24.3 Å². The molecule has 0 bridgehead atoms. The van der Waals surface area contributed by atoms with Gasteiger partial charge < -0.3 is 9.88 Å². The van der Waals surface area contributed by atoms with Gasteiger partial charge in [0.25, 0.3) is 0 Å². The van der Waals surface area contributed by atoms with Crippen molar-refractivity contribution in [2.75, 3.05) is 11.1 Å². The number of amides is 1. The molecule has 0 aliphatic rings. The molecule has 0 spiro atoms. The van der Waals surface area contributed by atoms with Crippen LogP contribution in [0.25, 0.3) is 0 Å². The number of benzene rings is 2. The Kier molecular flexibility index (Phi) is 7.16. The maximum atomic E-state index is 13.1. The highest BCUT2D eigenvalue weighted by molar-refractivity contribution is 9.10. The molecule has 1 amide bonds. The normalized spacial score (nSPS) is 11.4. The standard InChI is InChI=1S/C20H16BrF3N4O2S/c1-28-17(10-18(30)25-15-5-3-2-4-14(15)20(22,23)24)26-27-19(28)31-11-16(29)12-6-8-13(21)9-7-12/h2-9H,10-11H2,1H3,(H,25,30). The lowest BCUT2D eigenvalue weighted by molar-refractivity contribution is -0.137. The van der Waals surface area contributed by atoms with Crippen molar-refractivity contribution in [3.63, 3.8) is 0 Å². The van der Waals surface area contributed by atoms with E-state index in [1.807, 2.05) is 0 Å². The molecule has 3 aromatic rings. The molecular formula is C20H16BrF3N4O2S. The van der Waals surface area contributed by atoms with Crippen LogP contribution in [0.4, 0.5) is 18.9 Å². The first kappa shape index (κ1) is 23.0. The minimum atomic E-state index is -4.58. The van der Waals surface area contributed by atoms with Crippen molar-refractivity contribution >= 4 is 45.1 Å². The topological polar surface area (TPSA) is 76.9 Å². The molecule has 0 aliphatic carbocycles. The number of aromatic nitrogens is 3. The van der Waals surface area contributed by atoms with E-state index in [9.17, 15) is 22.8 Å².